The average Bonchev–Trinajstić information content (AvgIpc) is 2.77. The Morgan fingerprint density at radius 3 is 2.79 bits per heavy atom. The van der Waals surface area contributed by atoms with Gasteiger partial charge in [0.15, 0.2) is 5.96 Å². The van der Waals surface area contributed by atoms with Crippen molar-refractivity contribution in [1.82, 2.24) is 15.5 Å². The van der Waals surface area contributed by atoms with E-state index in [-0.39, 0.29) is 6.04 Å². The molecule has 2 N–H and O–H groups in total. The van der Waals surface area contributed by atoms with Gasteiger partial charge in [-0.25, -0.2) is 0 Å². The smallest absolute Gasteiger partial charge is 0.191 e. The molecule has 1 aromatic rings. The van der Waals surface area contributed by atoms with E-state index in [0.29, 0.717) is 0 Å². The first-order valence-corrected chi connectivity index (χ1v) is 6.95. The summed E-state index contributed by atoms with van der Waals surface area (Å²) in [7, 11) is 1.79. The molecule has 1 fully saturated rings. The van der Waals surface area contributed by atoms with E-state index in [1.54, 1.807) is 7.05 Å². The quantitative estimate of drug-likeness (QED) is 0.625. The van der Waals surface area contributed by atoms with Crippen LogP contribution in [-0.2, 0) is 0 Å². The highest BCUT2D eigenvalue weighted by molar-refractivity contribution is 5.79. The predicted octanol–water partition coefficient (Wildman–Crippen LogP) is 1.52. The Hall–Kier alpha value is -1.49. The second kappa shape index (κ2) is 6.61. The normalized spacial score (nSPS) is 17.9. The summed E-state index contributed by atoms with van der Waals surface area (Å²) < 4.78 is 5.61. The lowest BCUT2D eigenvalue weighted by molar-refractivity contribution is 0.185. The van der Waals surface area contributed by atoms with Crippen LogP contribution in [0.1, 0.15) is 30.9 Å². The van der Waals surface area contributed by atoms with Crippen molar-refractivity contribution < 1.29 is 4.42 Å². The zero-order chi connectivity index (χ0) is 13.7. The van der Waals surface area contributed by atoms with Crippen molar-refractivity contribution in [3.63, 3.8) is 0 Å². The summed E-state index contributed by atoms with van der Waals surface area (Å²) in [5, 5.41) is 6.66. The van der Waals surface area contributed by atoms with Crippen LogP contribution < -0.4 is 10.6 Å². The number of nitrogens with zero attached hydrogens (tertiary/aromatic N) is 2. The van der Waals surface area contributed by atoms with Crippen molar-refractivity contribution in [3.8, 4) is 0 Å². The third-order valence-electron chi connectivity index (χ3n) is 3.43. The highest BCUT2D eigenvalue weighted by atomic mass is 16.3. The molecule has 0 saturated carbocycles. The SMILES string of the molecule is CN=C(NCCN1CCC1)NC(C)c1ccc(C)o1. The molecule has 19 heavy (non-hydrogen) atoms. The Morgan fingerprint density at radius 1 is 1.47 bits per heavy atom. The Kier molecular flexibility index (Phi) is 4.85. The predicted molar refractivity (Wildman–Crippen MR) is 77.4 cm³/mol. The van der Waals surface area contributed by atoms with Gasteiger partial charge in [0.2, 0.25) is 0 Å². The van der Waals surface area contributed by atoms with Crippen molar-refractivity contribution >= 4 is 5.96 Å². The summed E-state index contributed by atoms with van der Waals surface area (Å²) in [5.41, 5.74) is 0. The largest absolute Gasteiger partial charge is 0.464 e. The van der Waals surface area contributed by atoms with E-state index in [0.717, 1.165) is 30.6 Å². The van der Waals surface area contributed by atoms with Crippen LogP contribution >= 0.6 is 0 Å². The minimum Gasteiger partial charge on any atom is -0.464 e. The minimum absolute atomic E-state index is 0.115. The number of furan rings is 1. The number of rotatable bonds is 5. The zero-order valence-electron chi connectivity index (χ0n) is 12.1. The molecular formula is C14H24N4O. The first kappa shape index (κ1) is 13.9. The molecule has 0 aliphatic carbocycles. The molecule has 5 heteroatoms. The highest BCUT2D eigenvalue weighted by Crippen LogP contribution is 2.15. The lowest BCUT2D eigenvalue weighted by atomic mass is 10.2. The van der Waals surface area contributed by atoms with Gasteiger partial charge in [0, 0.05) is 20.1 Å². The zero-order valence-corrected chi connectivity index (χ0v) is 12.1. The fourth-order valence-electron chi connectivity index (χ4n) is 2.09. The van der Waals surface area contributed by atoms with E-state index in [1.165, 1.54) is 19.5 Å². The van der Waals surface area contributed by atoms with Crippen LogP contribution in [0.3, 0.4) is 0 Å². The van der Waals surface area contributed by atoms with E-state index in [9.17, 15) is 0 Å². The second-order valence-electron chi connectivity index (χ2n) is 5.01. The fraction of sp³-hybridized carbons (Fsp3) is 0.643. The fourth-order valence-corrected chi connectivity index (χ4v) is 2.09. The van der Waals surface area contributed by atoms with E-state index in [2.05, 4.69) is 27.4 Å². The third kappa shape index (κ3) is 3.99. The Bertz CT molecular complexity index is 423. The number of hydrogen-bond acceptors (Lipinski definition) is 3. The summed E-state index contributed by atoms with van der Waals surface area (Å²) in [6.07, 6.45) is 1.34. The molecule has 0 radical (unpaired) electrons. The summed E-state index contributed by atoms with van der Waals surface area (Å²) in [4.78, 5) is 6.67. The maximum absolute atomic E-state index is 5.61. The first-order valence-electron chi connectivity index (χ1n) is 6.95. The van der Waals surface area contributed by atoms with Gasteiger partial charge in [-0.3, -0.25) is 4.99 Å². The standard InChI is InChI=1S/C14H24N4O/c1-11-5-6-13(19-11)12(2)17-14(15-3)16-7-10-18-8-4-9-18/h5-6,12H,4,7-10H2,1-3H3,(H2,15,16,17). The summed E-state index contributed by atoms with van der Waals surface area (Å²) in [6.45, 7) is 8.49. The monoisotopic (exact) mass is 264 g/mol. The van der Waals surface area contributed by atoms with E-state index in [1.807, 2.05) is 19.1 Å². The minimum atomic E-state index is 0.115. The van der Waals surface area contributed by atoms with E-state index in [4.69, 9.17) is 4.42 Å². The molecule has 0 bridgehead atoms. The lowest BCUT2D eigenvalue weighted by Gasteiger charge is -2.30. The molecule has 5 nitrogen and oxygen atoms in total. The molecule has 1 aromatic heterocycles. The molecule has 2 rings (SSSR count). The highest BCUT2D eigenvalue weighted by Gasteiger charge is 2.14. The van der Waals surface area contributed by atoms with E-state index >= 15 is 0 Å². The molecular weight excluding hydrogens is 240 g/mol. The van der Waals surface area contributed by atoms with Crippen LogP contribution in [0.15, 0.2) is 21.5 Å². The maximum Gasteiger partial charge on any atom is 0.191 e. The molecule has 1 unspecified atom stereocenters. The topological polar surface area (TPSA) is 52.8 Å². The van der Waals surface area contributed by atoms with Crippen molar-refractivity contribution in [3.05, 3.63) is 23.7 Å². The molecule has 1 aliphatic rings. The van der Waals surface area contributed by atoms with Gasteiger partial charge < -0.3 is 20.0 Å². The number of aryl methyl sites for hydroxylation is 1. The summed E-state index contributed by atoms with van der Waals surface area (Å²) in [5.74, 6) is 2.69. The van der Waals surface area contributed by atoms with Crippen molar-refractivity contribution in [2.45, 2.75) is 26.3 Å². The number of nitrogens with one attached hydrogen (secondary N) is 2. The van der Waals surface area contributed by atoms with Gasteiger partial charge in [0.1, 0.15) is 11.5 Å². The summed E-state index contributed by atoms with van der Waals surface area (Å²) in [6, 6.07) is 4.09. The lowest BCUT2D eigenvalue weighted by Crippen LogP contribution is -2.45. The van der Waals surface area contributed by atoms with Gasteiger partial charge in [0.05, 0.1) is 6.04 Å². The van der Waals surface area contributed by atoms with Crippen LogP contribution in [-0.4, -0.2) is 44.1 Å². The van der Waals surface area contributed by atoms with Crippen LogP contribution in [0, 0.1) is 6.92 Å². The number of likely N-dealkylation sites (tertiary alicyclic amines) is 1. The van der Waals surface area contributed by atoms with Gasteiger partial charge in [-0.05, 0) is 45.5 Å². The Morgan fingerprint density at radius 2 is 2.26 bits per heavy atom. The van der Waals surface area contributed by atoms with Crippen LogP contribution in [0.25, 0.3) is 0 Å². The summed E-state index contributed by atoms with van der Waals surface area (Å²) >= 11 is 0. The van der Waals surface area contributed by atoms with Crippen molar-refractivity contribution in [2.24, 2.45) is 4.99 Å². The molecule has 1 aliphatic heterocycles. The van der Waals surface area contributed by atoms with Gasteiger partial charge in [-0.2, -0.15) is 0 Å². The number of guanidine groups is 1. The average molecular weight is 264 g/mol. The molecule has 0 amide bonds. The van der Waals surface area contributed by atoms with Crippen molar-refractivity contribution in [2.75, 3.05) is 33.2 Å². The molecule has 1 saturated heterocycles. The van der Waals surface area contributed by atoms with Crippen LogP contribution in [0.4, 0.5) is 0 Å². The molecule has 1 atom stereocenters. The number of aliphatic imine (C=N–C) groups is 1. The maximum atomic E-state index is 5.61. The number of hydrogen-bond donors (Lipinski definition) is 2. The Labute approximate surface area is 115 Å². The molecule has 106 valence electrons. The molecule has 2 heterocycles. The van der Waals surface area contributed by atoms with Gasteiger partial charge >= 0.3 is 0 Å². The van der Waals surface area contributed by atoms with Crippen LogP contribution in [0.5, 0.6) is 0 Å². The Balaban J connectivity index is 1.74. The van der Waals surface area contributed by atoms with E-state index < -0.39 is 0 Å². The molecule has 0 aromatic carbocycles. The molecule has 0 spiro atoms. The third-order valence-corrected chi connectivity index (χ3v) is 3.43. The first-order chi connectivity index (χ1) is 9.19. The van der Waals surface area contributed by atoms with Gasteiger partial charge in [-0.15, -0.1) is 0 Å². The van der Waals surface area contributed by atoms with Crippen LogP contribution in [0.2, 0.25) is 0 Å². The second-order valence-corrected chi connectivity index (χ2v) is 5.01. The van der Waals surface area contributed by atoms with Crippen molar-refractivity contribution in [1.29, 1.82) is 0 Å². The van der Waals surface area contributed by atoms with Gasteiger partial charge in [-0.1, -0.05) is 0 Å². The van der Waals surface area contributed by atoms with Gasteiger partial charge in [0.25, 0.3) is 0 Å².